The Morgan fingerprint density at radius 2 is 1.43 bits per heavy atom. The van der Waals surface area contributed by atoms with Crippen molar-refractivity contribution in [1.29, 1.82) is 0 Å². The average molecular weight is 292 g/mol. The van der Waals surface area contributed by atoms with E-state index in [0.29, 0.717) is 17.2 Å². The van der Waals surface area contributed by atoms with Crippen LogP contribution in [0, 0.1) is 5.41 Å². The first-order valence-corrected chi connectivity index (χ1v) is 7.19. The van der Waals surface area contributed by atoms with Gasteiger partial charge in [-0.2, -0.15) is 0 Å². The van der Waals surface area contributed by atoms with Gasteiger partial charge in [-0.1, -0.05) is 32.4 Å². The van der Waals surface area contributed by atoms with Crippen molar-refractivity contribution in [2.24, 2.45) is 5.41 Å². The van der Waals surface area contributed by atoms with Gasteiger partial charge in [0.15, 0.2) is 11.5 Å². The molecule has 3 nitrogen and oxygen atoms in total. The van der Waals surface area contributed by atoms with E-state index >= 15 is 0 Å². The van der Waals surface area contributed by atoms with Crippen LogP contribution in [0.25, 0.3) is 0 Å². The van der Waals surface area contributed by atoms with Gasteiger partial charge in [0.25, 0.3) is 0 Å². The van der Waals surface area contributed by atoms with Crippen molar-refractivity contribution in [1.82, 2.24) is 0 Å². The van der Waals surface area contributed by atoms with E-state index in [1.807, 2.05) is 12.1 Å². The molecule has 0 aromatic heterocycles. The smallest absolute Gasteiger partial charge is 0.203 e. The third-order valence-corrected chi connectivity index (χ3v) is 3.48. The number of methoxy groups -OCH3 is 3. The quantitative estimate of drug-likeness (QED) is 0.729. The highest BCUT2D eigenvalue weighted by Gasteiger charge is 2.26. The van der Waals surface area contributed by atoms with Crippen molar-refractivity contribution in [3.8, 4) is 17.2 Å². The lowest BCUT2D eigenvalue weighted by atomic mass is 9.75. The summed E-state index contributed by atoms with van der Waals surface area (Å²) in [4.78, 5) is 0. The van der Waals surface area contributed by atoms with E-state index < -0.39 is 0 Å². The van der Waals surface area contributed by atoms with Crippen molar-refractivity contribution < 1.29 is 14.2 Å². The Balaban J connectivity index is 3.49. The van der Waals surface area contributed by atoms with Gasteiger partial charge < -0.3 is 14.2 Å². The van der Waals surface area contributed by atoms with Gasteiger partial charge in [-0.3, -0.25) is 0 Å². The summed E-state index contributed by atoms with van der Waals surface area (Å²) in [5, 5.41) is 0. The number of hydrogen-bond donors (Lipinski definition) is 0. The molecule has 1 aromatic carbocycles. The largest absolute Gasteiger partial charge is 0.493 e. The van der Waals surface area contributed by atoms with Crippen LogP contribution in [0.5, 0.6) is 17.2 Å². The highest BCUT2D eigenvalue weighted by molar-refractivity contribution is 5.55. The van der Waals surface area contributed by atoms with E-state index in [1.165, 1.54) is 11.1 Å². The fraction of sp³-hybridized carbons (Fsp3) is 0.556. The van der Waals surface area contributed by atoms with E-state index in [1.54, 1.807) is 21.3 Å². The van der Waals surface area contributed by atoms with E-state index in [0.717, 1.165) is 0 Å². The number of allylic oxidation sites excluding steroid dienone is 2. The molecule has 1 aromatic rings. The Morgan fingerprint density at radius 1 is 0.952 bits per heavy atom. The molecule has 0 saturated heterocycles. The van der Waals surface area contributed by atoms with Crippen LogP contribution >= 0.6 is 0 Å². The van der Waals surface area contributed by atoms with Gasteiger partial charge in [0, 0.05) is 5.92 Å². The predicted molar refractivity (Wildman–Crippen MR) is 87.7 cm³/mol. The first-order valence-electron chi connectivity index (χ1n) is 7.19. The summed E-state index contributed by atoms with van der Waals surface area (Å²) >= 11 is 0. The van der Waals surface area contributed by atoms with Crippen molar-refractivity contribution >= 4 is 0 Å². The summed E-state index contributed by atoms with van der Waals surface area (Å²) in [5.74, 6) is 2.30. The van der Waals surface area contributed by atoms with E-state index in [4.69, 9.17) is 14.2 Å². The second-order valence-corrected chi connectivity index (χ2v) is 6.55. The van der Waals surface area contributed by atoms with Gasteiger partial charge in [-0.05, 0) is 37.0 Å². The molecule has 118 valence electrons. The molecule has 0 spiro atoms. The van der Waals surface area contributed by atoms with Gasteiger partial charge in [-0.25, -0.2) is 0 Å². The van der Waals surface area contributed by atoms with Crippen LogP contribution in [0.1, 0.15) is 46.1 Å². The maximum atomic E-state index is 5.46. The highest BCUT2D eigenvalue weighted by Crippen LogP contribution is 2.44. The van der Waals surface area contributed by atoms with Crippen molar-refractivity contribution in [2.75, 3.05) is 21.3 Å². The third kappa shape index (κ3) is 4.16. The minimum absolute atomic E-state index is 0.0991. The molecule has 0 aliphatic heterocycles. The summed E-state index contributed by atoms with van der Waals surface area (Å²) in [7, 11) is 4.92. The zero-order chi connectivity index (χ0) is 16.2. The summed E-state index contributed by atoms with van der Waals surface area (Å²) in [6.07, 6.45) is 2.29. The molecule has 1 atom stereocenters. The van der Waals surface area contributed by atoms with Crippen LogP contribution in [-0.2, 0) is 0 Å². The first-order chi connectivity index (χ1) is 9.74. The Morgan fingerprint density at radius 3 is 1.71 bits per heavy atom. The molecule has 0 bridgehead atoms. The molecule has 0 aliphatic carbocycles. The van der Waals surface area contributed by atoms with Crippen LogP contribution in [-0.4, -0.2) is 21.3 Å². The molecule has 3 heteroatoms. The van der Waals surface area contributed by atoms with Gasteiger partial charge in [-0.15, -0.1) is 0 Å². The third-order valence-electron chi connectivity index (χ3n) is 3.48. The Labute approximate surface area is 128 Å². The van der Waals surface area contributed by atoms with Crippen LogP contribution in [0.2, 0.25) is 0 Å². The molecule has 1 rings (SSSR count). The molecule has 0 N–H and O–H groups in total. The number of ether oxygens (including phenoxy) is 3. The topological polar surface area (TPSA) is 27.7 Å². The Hall–Kier alpha value is -1.64. The molecule has 1 unspecified atom stereocenters. The SMILES string of the molecule is COc1cc(C(C=C(C)C)C(C)(C)C)cc(OC)c1OC. The summed E-state index contributed by atoms with van der Waals surface area (Å²) in [6.45, 7) is 11.0. The monoisotopic (exact) mass is 292 g/mol. The van der Waals surface area contributed by atoms with Crippen molar-refractivity contribution in [3.63, 3.8) is 0 Å². The Kier molecular flexibility index (Phi) is 5.70. The summed E-state index contributed by atoms with van der Waals surface area (Å²) in [6, 6.07) is 4.08. The molecule has 0 saturated carbocycles. The fourth-order valence-corrected chi connectivity index (χ4v) is 2.46. The molecule has 0 aliphatic rings. The lowest BCUT2D eigenvalue weighted by Crippen LogP contribution is -2.17. The van der Waals surface area contributed by atoms with Crippen molar-refractivity contribution in [2.45, 2.75) is 40.5 Å². The lowest BCUT2D eigenvalue weighted by molar-refractivity contribution is 0.320. The standard InChI is InChI=1S/C18H28O3/c1-12(2)9-14(18(3,4)5)13-10-15(19-6)17(21-8)16(11-13)20-7/h9-11,14H,1-8H3. The number of hydrogen-bond acceptors (Lipinski definition) is 3. The van der Waals surface area contributed by atoms with Gasteiger partial charge in [0.05, 0.1) is 21.3 Å². The summed E-state index contributed by atoms with van der Waals surface area (Å²) in [5.41, 5.74) is 2.56. The van der Waals surface area contributed by atoms with Gasteiger partial charge in [0.2, 0.25) is 5.75 Å². The summed E-state index contributed by atoms with van der Waals surface area (Å²) < 4.78 is 16.3. The van der Waals surface area contributed by atoms with Crippen LogP contribution in [0.4, 0.5) is 0 Å². The van der Waals surface area contributed by atoms with E-state index in [2.05, 4.69) is 40.7 Å². The van der Waals surface area contributed by atoms with E-state index in [9.17, 15) is 0 Å². The lowest BCUT2D eigenvalue weighted by Gasteiger charge is -2.30. The van der Waals surface area contributed by atoms with Crippen molar-refractivity contribution in [3.05, 3.63) is 29.3 Å². The average Bonchev–Trinajstić information content (AvgIpc) is 2.41. The van der Waals surface area contributed by atoms with Crippen LogP contribution < -0.4 is 14.2 Å². The zero-order valence-electron chi connectivity index (χ0n) is 14.5. The van der Waals surface area contributed by atoms with Gasteiger partial charge >= 0.3 is 0 Å². The number of benzene rings is 1. The molecular formula is C18H28O3. The zero-order valence-corrected chi connectivity index (χ0v) is 14.5. The second kappa shape index (κ2) is 6.88. The predicted octanol–water partition coefficient (Wildman–Crippen LogP) is 4.81. The van der Waals surface area contributed by atoms with Crippen LogP contribution in [0.3, 0.4) is 0 Å². The molecule has 0 heterocycles. The normalized spacial score (nSPS) is 12.6. The molecule has 0 fully saturated rings. The highest BCUT2D eigenvalue weighted by atomic mass is 16.5. The number of rotatable bonds is 5. The fourth-order valence-electron chi connectivity index (χ4n) is 2.46. The molecule has 21 heavy (non-hydrogen) atoms. The van der Waals surface area contributed by atoms with E-state index in [-0.39, 0.29) is 11.3 Å². The maximum absolute atomic E-state index is 5.46. The molecule has 0 radical (unpaired) electrons. The van der Waals surface area contributed by atoms with Gasteiger partial charge in [0.1, 0.15) is 0 Å². The maximum Gasteiger partial charge on any atom is 0.203 e. The molecule has 0 amide bonds. The minimum Gasteiger partial charge on any atom is -0.493 e. The minimum atomic E-state index is 0.0991. The molecular weight excluding hydrogens is 264 g/mol. The first kappa shape index (κ1) is 17.4. The van der Waals surface area contributed by atoms with Crippen LogP contribution in [0.15, 0.2) is 23.8 Å². The second-order valence-electron chi connectivity index (χ2n) is 6.55. The Bertz CT molecular complexity index is 481.